The Hall–Kier alpha value is -2.57. The number of guanidine groups is 1. The second kappa shape index (κ2) is 11.6. The molecule has 0 aliphatic carbocycles. The molecule has 3 rings (SSSR count). The van der Waals surface area contributed by atoms with E-state index in [-0.39, 0.29) is 0 Å². The topological polar surface area (TPSA) is 52.1 Å². The molecule has 2 aromatic rings. The van der Waals surface area contributed by atoms with Gasteiger partial charge in [0.2, 0.25) is 0 Å². The summed E-state index contributed by atoms with van der Waals surface area (Å²) in [6.07, 6.45) is 0. The molecule has 1 aliphatic rings. The number of piperazine rings is 1. The lowest BCUT2D eigenvalue weighted by Gasteiger charge is -2.34. The van der Waals surface area contributed by atoms with Gasteiger partial charge in [0.1, 0.15) is 5.75 Å². The Balaban J connectivity index is 1.53. The Labute approximate surface area is 180 Å². The maximum Gasteiger partial charge on any atom is 0.191 e. The third-order valence-electron chi connectivity index (χ3n) is 5.69. The quantitative estimate of drug-likeness (QED) is 0.519. The van der Waals surface area contributed by atoms with Gasteiger partial charge < -0.3 is 20.3 Å². The molecule has 0 amide bonds. The van der Waals surface area contributed by atoms with Crippen molar-refractivity contribution in [2.24, 2.45) is 4.99 Å². The molecule has 0 bridgehead atoms. The van der Waals surface area contributed by atoms with E-state index in [0.717, 1.165) is 63.1 Å². The van der Waals surface area contributed by atoms with Crippen LogP contribution in [0.1, 0.15) is 23.6 Å². The van der Waals surface area contributed by atoms with Gasteiger partial charge in [-0.1, -0.05) is 43.3 Å². The highest BCUT2D eigenvalue weighted by Crippen LogP contribution is 2.14. The summed E-state index contributed by atoms with van der Waals surface area (Å²) in [7, 11) is 3.49. The van der Waals surface area contributed by atoms with Crippen LogP contribution in [0.2, 0.25) is 0 Å². The van der Waals surface area contributed by atoms with Gasteiger partial charge in [0, 0.05) is 52.9 Å². The monoisotopic (exact) mass is 409 g/mol. The molecule has 30 heavy (non-hydrogen) atoms. The molecule has 1 saturated heterocycles. The van der Waals surface area contributed by atoms with Crippen LogP contribution in [0, 0.1) is 0 Å². The SMILES string of the molecule is CCN1CCN(Cc2ccccc2CNC(=NC)NCc2cccc(OC)c2)CC1. The fraction of sp³-hybridized carbons (Fsp3) is 0.458. The second-order valence-electron chi connectivity index (χ2n) is 7.61. The van der Waals surface area contributed by atoms with Crippen LogP contribution in [0.25, 0.3) is 0 Å². The molecule has 0 spiro atoms. The first-order chi connectivity index (χ1) is 14.7. The smallest absolute Gasteiger partial charge is 0.191 e. The normalized spacial score (nSPS) is 15.8. The van der Waals surface area contributed by atoms with Crippen molar-refractivity contribution in [3.8, 4) is 5.75 Å². The van der Waals surface area contributed by atoms with Crippen molar-refractivity contribution in [3.05, 3.63) is 65.2 Å². The van der Waals surface area contributed by atoms with Crippen molar-refractivity contribution in [1.29, 1.82) is 0 Å². The van der Waals surface area contributed by atoms with Gasteiger partial charge in [0.15, 0.2) is 5.96 Å². The lowest BCUT2D eigenvalue weighted by Crippen LogP contribution is -2.45. The molecule has 0 radical (unpaired) electrons. The highest BCUT2D eigenvalue weighted by atomic mass is 16.5. The summed E-state index contributed by atoms with van der Waals surface area (Å²) in [5.41, 5.74) is 3.86. The minimum atomic E-state index is 0.695. The highest BCUT2D eigenvalue weighted by molar-refractivity contribution is 5.79. The Morgan fingerprint density at radius 1 is 0.933 bits per heavy atom. The molecular formula is C24H35N5O. The number of benzene rings is 2. The van der Waals surface area contributed by atoms with Gasteiger partial charge >= 0.3 is 0 Å². The van der Waals surface area contributed by atoms with Crippen molar-refractivity contribution in [3.63, 3.8) is 0 Å². The number of rotatable bonds is 8. The first kappa shape index (κ1) is 22.1. The molecule has 0 atom stereocenters. The molecule has 162 valence electrons. The summed E-state index contributed by atoms with van der Waals surface area (Å²) in [4.78, 5) is 9.44. The highest BCUT2D eigenvalue weighted by Gasteiger charge is 2.16. The summed E-state index contributed by atoms with van der Waals surface area (Å²) in [6, 6.07) is 16.8. The Kier molecular flexibility index (Phi) is 8.53. The van der Waals surface area contributed by atoms with Crippen molar-refractivity contribution < 1.29 is 4.74 Å². The van der Waals surface area contributed by atoms with E-state index in [1.165, 1.54) is 11.1 Å². The number of nitrogens with zero attached hydrogens (tertiary/aromatic N) is 3. The molecule has 0 saturated carbocycles. The number of likely N-dealkylation sites (N-methyl/N-ethyl adjacent to an activating group) is 1. The van der Waals surface area contributed by atoms with Gasteiger partial charge in [0.05, 0.1) is 7.11 Å². The van der Waals surface area contributed by atoms with Gasteiger partial charge in [0.25, 0.3) is 0 Å². The fourth-order valence-corrected chi connectivity index (χ4v) is 3.76. The van der Waals surface area contributed by atoms with Gasteiger partial charge in [-0.2, -0.15) is 0 Å². The number of hydrogen-bond acceptors (Lipinski definition) is 4. The average molecular weight is 410 g/mol. The summed E-state index contributed by atoms with van der Waals surface area (Å²) >= 11 is 0. The van der Waals surface area contributed by atoms with Crippen LogP contribution in [0.4, 0.5) is 0 Å². The molecule has 6 nitrogen and oxygen atoms in total. The second-order valence-corrected chi connectivity index (χ2v) is 7.61. The third-order valence-corrected chi connectivity index (χ3v) is 5.69. The van der Waals surface area contributed by atoms with E-state index in [2.05, 4.69) is 62.7 Å². The molecule has 0 unspecified atom stereocenters. The molecule has 6 heteroatoms. The van der Waals surface area contributed by atoms with E-state index >= 15 is 0 Å². The van der Waals surface area contributed by atoms with Crippen LogP contribution in [0.15, 0.2) is 53.5 Å². The van der Waals surface area contributed by atoms with Crippen LogP contribution >= 0.6 is 0 Å². The lowest BCUT2D eigenvalue weighted by molar-refractivity contribution is 0.131. The Morgan fingerprint density at radius 3 is 2.33 bits per heavy atom. The standard InChI is InChI=1S/C24H35N5O/c1-4-28-12-14-29(15-13-28)19-22-10-6-5-9-21(22)18-27-24(25-2)26-17-20-8-7-11-23(16-20)30-3/h5-11,16H,4,12-15,17-19H2,1-3H3,(H2,25,26,27). The summed E-state index contributed by atoms with van der Waals surface area (Å²) < 4.78 is 5.30. The fourth-order valence-electron chi connectivity index (χ4n) is 3.76. The molecule has 2 N–H and O–H groups in total. The molecule has 2 aromatic carbocycles. The van der Waals surface area contributed by atoms with E-state index in [9.17, 15) is 0 Å². The minimum absolute atomic E-state index is 0.695. The predicted molar refractivity (Wildman–Crippen MR) is 124 cm³/mol. The number of methoxy groups -OCH3 is 1. The zero-order chi connectivity index (χ0) is 21.2. The molecule has 1 fully saturated rings. The number of nitrogens with one attached hydrogen (secondary N) is 2. The zero-order valence-electron chi connectivity index (χ0n) is 18.5. The van der Waals surface area contributed by atoms with Crippen molar-refractivity contribution >= 4 is 5.96 Å². The van der Waals surface area contributed by atoms with E-state index in [1.54, 1.807) is 14.2 Å². The van der Waals surface area contributed by atoms with Crippen molar-refractivity contribution in [1.82, 2.24) is 20.4 Å². The van der Waals surface area contributed by atoms with Crippen molar-refractivity contribution in [2.75, 3.05) is 46.9 Å². The Bertz CT molecular complexity index is 815. The number of ether oxygens (including phenoxy) is 1. The van der Waals surface area contributed by atoms with E-state index in [4.69, 9.17) is 4.74 Å². The van der Waals surface area contributed by atoms with Gasteiger partial charge in [-0.05, 0) is 35.4 Å². The maximum absolute atomic E-state index is 5.30. The molecule has 0 aromatic heterocycles. The van der Waals surface area contributed by atoms with Crippen molar-refractivity contribution in [2.45, 2.75) is 26.6 Å². The molecule has 1 heterocycles. The summed E-state index contributed by atoms with van der Waals surface area (Å²) in [5, 5.41) is 6.85. The van der Waals surface area contributed by atoms with Gasteiger partial charge in [-0.25, -0.2) is 0 Å². The largest absolute Gasteiger partial charge is 0.497 e. The van der Waals surface area contributed by atoms with Gasteiger partial charge in [-0.3, -0.25) is 9.89 Å². The van der Waals surface area contributed by atoms with Gasteiger partial charge in [-0.15, -0.1) is 0 Å². The minimum Gasteiger partial charge on any atom is -0.497 e. The van der Waals surface area contributed by atoms with Crippen LogP contribution < -0.4 is 15.4 Å². The maximum atomic E-state index is 5.30. The van der Waals surface area contributed by atoms with E-state index in [1.807, 2.05) is 18.2 Å². The lowest BCUT2D eigenvalue weighted by atomic mass is 10.1. The molecular weight excluding hydrogens is 374 g/mol. The van der Waals surface area contributed by atoms with Crippen LogP contribution in [-0.2, 0) is 19.6 Å². The van der Waals surface area contributed by atoms with E-state index < -0.39 is 0 Å². The zero-order valence-corrected chi connectivity index (χ0v) is 18.5. The Morgan fingerprint density at radius 2 is 1.63 bits per heavy atom. The predicted octanol–water partition coefficient (Wildman–Crippen LogP) is 2.70. The van der Waals surface area contributed by atoms with E-state index in [0.29, 0.717) is 6.54 Å². The first-order valence-electron chi connectivity index (χ1n) is 10.8. The van der Waals surface area contributed by atoms with Crippen LogP contribution in [-0.4, -0.2) is 62.6 Å². The number of aliphatic imine (C=N–C) groups is 1. The van der Waals surface area contributed by atoms with Crippen LogP contribution in [0.3, 0.4) is 0 Å². The third kappa shape index (κ3) is 6.47. The first-order valence-corrected chi connectivity index (χ1v) is 10.8. The van der Waals surface area contributed by atoms with Crippen LogP contribution in [0.5, 0.6) is 5.75 Å². The molecule has 1 aliphatic heterocycles. The average Bonchev–Trinajstić information content (AvgIpc) is 2.80. The summed E-state index contributed by atoms with van der Waals surface area (Å²) in [6.45, 7) is 10.4. The number of hydrogen-bond donors (Lipinski definition) is 2. The summed E-state index contributed by atoms with van der Waals surface area (Å²) in [5.74, 6) is 1.66.